The summed E-state index contributed by atoms with van der Waals surface area (Å²) in [6.07, 6.45) is 8.92. The quantitative estimate of drug-likeness (QED) is 0.808. The van der Waals surface area contributed by atoms with Crippen LogP contribution < -0.4 is 5.73 Å². The van der Waals surface area contributed by atoms with Gasteiger partial charge in [-0.15, -0.1) is 0 Å². The fraction of sp³-hybridized carbons (Fsp3) is 0.643. The maximum Gasteiger partial charge on any atom is 0.111 e. The van der Waals surface area contributed by atoms with Gasteiger partial charge in [-0.25, -0.2) is 0 Å². The monoisotopic (exact) mass is 250 g/mol. The van der Waals surface area contributed by atoms with Crippen LogP contribution in [0.15, 0.2) is 18.5 Å². The Balaban J connectivity index is 2.28. The summed E-state index contributed by atoms with van der Waals surface area (Å²) >= 11 is 0. The number of aliphatic hydroxyl groups excluding tert-OH is 1. The molecule has 1 aliphatic rings. The van der Waals surface area contributed by atoms with Crippen LogP contribution in [-0.2, 0) is 4.74 Å². The summed E-state index contributed by atoms with van der Waals surface area (Å²) in [6.45, 7) is 0. The summed E-state index contributed by atoms with van der Waals surface area (Å²) in [7, 11) is 1.68. The largest absolute Gasteiger partial charge is 0.398 e. The molecular formula is C14H22N2O2. The molecule has 0 amide bonds. The lowest BCUT2D eigenvalue weighted by Crippen LogP contribution is -2.38. The van der Waals surface area contributed by atoms with Crippen LogP contribution >= 0.6 is 0 Å². The van der Waals surface area contributed by atoms with Crippen molar-refractivity contribution in [3.05, 3.63) is 24.0 Å². The lowest BCUT2D eigenvalue weighted by Gasteiger charge is -2.36. The molecule has 4 heteroatoms. The van der Waals surface area contributed by atoms with E-state index in [2.05, 4.69) is 4.98 Å². The summed E-state index contributed by atoms with van der Waals surface area (Å²) in [6, 6.07) is 1.72. The predicted molar refractivity (Wildman–Crippen MR) is 71.1 cm³/mol. The van der Waals surface area contributed by atoms with Crippen LogP contribution in [0.2, 0.25) is 0 Å². The lowest BCUT2D eigenvalue weighted by atomic mass is 9.84. The van der Waals surface area contributed by atoms with Gasteiger partial charge in [-0.2, -0.15) is 0 Å². The van der Waals surface area contributed by atoms with E-state index in [1.165, 1.54) is 12.8 Å². The van der Waals surface area contributed by atoms with E-state index in [1.807, 2.05) is 0 Å². The zero-order valence-corrected chi connectivity index (χ0v) is 10.9. The van der Waals surface area contributed by atoms with Gasteiger partial charge in [0.25, 0.3) is 0 Å². The van der Waals surface area contributed by atoms with Crippen molar-refractivity contribution in [2.24, 2.45) is 0 Å². The highest BCUT2D eigenvalue weighted by Gasteiger charge is 2.39. The molecule has 0 radical (unpaired) electrons. The molecule has 1 fully saturated rings. The average Bonchev–Trinajstić information content (AvgIpc) is 2.65. The van der Waals surface area contributed by atoms with Gasteiger partial charge in [0, 0.05) is 30.8 Å². The molecule has 3 N–H and O–H groups in total. The molecule has 1 saturated carbocycles. The maximum absolute atomic E-state index is 10.7. The van der Waals surface area contributed by atoms with Crippen molar-refractivity contribution in [1.82, 2.24) is 4.98 Å². The Morgan fingerprint density at radius 2 is 2.00 bits per heavy atom. The van der Waals surface area contributed by atoms with E-state index >= 15 is 0 Å². The first-order valence-corrected chi connectivity index (χ1v) is 6.62. The van der Waals surface area contributed by atoms with Crippen molar-refractivity contribution in [2.75, 3.05) is 12.8 Å². The number of nitrogens with zero attached hydrogens (tertiary/aromatic N) is 1. The first-order valence-electron chi connectivity index (χ1n) is 6.62. The van der Waals surface area contributed by atoms with Gasteiger partial charge in [0.05, 0.1) is 5.60 Å². The number of anilines is 1. The second kappa shape index (κ2) is 5.67. The molecule has 0 spiro atoms. The Bertz CT molecular complexity index is 387. The third-order valence-corrected chi connectivity index (χ3v) is 4.04. The molecule has 1 aliphatic carbocycles. The van der Waals surface area contributed by atoms with Gasteiger partial charge in [0.1, 0.15) is 6.10 Å². The van der Waals surface area contributed by atoms with Crippen molar-refractivity contribution < 1.29 is 9.84 Å². The van der Waals surface area contributed by atoms with Crippen LogP contribution in [-0.4, -0.2) is 22.8 Å². The number of ether oxygens (including phenoxy) is 1. The second-order valence-electron chi connectivity index (χ2n) is 5.09. The highest BCUT2D eigenvalue weighted by molar-refractivity contribution is 5.46. The van der Waals surface area contributed by atoms with Crippen LogP contribution in [0.1, 0.15) is 50.2 Å². The van der Waals surface area contributed by atoms with E-state index < -0.39 is 11.7 Å². The van der Waals surface area contributed by atoms with Crippen molar-refractivity contribution in [3.8, 4) is 0 Å². The number of hydrogen-bond acceptors (Lipinski definition) is 4. The number of rotatable bonds is 3. The Labute approximate surface area is 108 Å². The molecule has 0 saturated heterocycles. The molecule has 0 bridgehead atoms. The van der Waals surface area contributed by atoms with E-state index in [1.54, 1.807) is 25.6 Å². The summed E-state index contributed by atoms with van der Waals surface area (Å²) in [5, 5.41) is 10.7. The summed E-state index contributed by atoms with van der Waals surface area (Å²) < 4.78 is 5.70. The van der Waals surface area contributed by atoms with Crippen molar-refractivity contribution >= 4 is 5.69 Å². The van der Waals surface area contributed by atoms with Gasteiger partial charge in [0.15, 0.2) is 0 Å². The van der Waals surface area contributed by atoms with E-state index in [4.69, 9.17) is 10.5 Å². The van der Waals surface area contributed by atoms with E-state index in [-0.39, 0.29) is 0 Å². The Kier molecular flexibility index (Phi) is 4.19. The first kappa shape index (κ1) is 13.3. The highest BCUT2D eigenvalue weighted by Crippen LogP contribution is 2.41. The highest BCUT2D eigenvalue weighted by atomic mass is 16.5. The minimum Gasteiger partial charge on any atom is -0.398 e. The third-order valence-electron chi connectivity index (χ3n) is 4.04. The molecule has 0 aromatic carbocycles. The predicted octanol–water partition coefficient (Wildman–Crippen LogP) is 2.44. The molecule has 0 aliphatic heterocycles. The second-order valence-corrected chi connectivity index (χ2v) is 5.09. The molecule has 2 rings (SSSR count). The molecule has 1 aromatic rings. The number of aliphatic hydroxyl groups is 1. The molecular weight excluding hydrogens is 228 g/mol. The maximum atomic E-state index is 10.7. The Hall–Kier alpha value is -1.13. The standard InChI is InChI=1S/C14H22N2O2/c1-18-14(7-4-2-3-5-8-14)13(17)11-10-16-9-6-12(11)15/h6,9-10,13,17H,2-5,7-8H2,1H3,(H2,15,16). The molecule has 100 valence electrons. The van der Waals surface area contributed by atoms with Crippen molar-refractivity contribution in [1.29, 1.82) is 0 Å². The topological polar surface area (TPSA) is 68.4 Å². The zero-order valence-electron chi connectivity index (χ0n) is 10.9. The van der Waals surface area contributed by atoms with Crippen LogP contribution in [0.3, 0.4) is 0 Å². The van der Waals surface area contributed by atoms with Crippen LogP contribution in [0.25, 0.3) is 0 Å². The van der Waals surface area contributed by atoms with Gasteiger partial charge < -0.3 is 15.6 Å². The van der Waals surface area contributed by atoms with E-state index in [0.29, 0.717) is 11.3 Å². The molecule has 18 heavy (non-hydrogen) atoms. The normalized spacial score (nSPS) is 21.2. The Morgan fingerprint density at radius 1 is 1.33 bits per heavy atom. The fourth-order valence-electron chi connectivity index (χ4n) is 2.85. The number of nitrogens with two attached hydrogens (primary N) is 1. The summed E-state index contributed by atoms with van der Waals surface area (Å²) in [5.74, 6) is 0. The van der Waals surface area contributed by atoms with Crippen LogP contribution in [0, 0.1) is 0 Å². The third kappa shape index (κ3) is 2.49. The van der Waals surface area contributed by atoms with Gasteiger partial charge in [-0.3, -0.25) is 4.98 Å². The minimum absolute atomic E-state index is 0.506. The summed E-state index contributed by atoms with van der Waals surface area (Å²) in [4.78, 5) is 4.05. The number of pyridine rings is 1. The number of hydrogen-bond donors (Lipinski definition) is 2. The smallest absolute Gasteiger partial charge is 0.111 e. The molecule has 4 nitrogen and oxygen atoms in total. The average molecular weight is 250 g/mol. The van der Waals surface area contributed by atoms with Crippen LogP contribution in [0.5, 0.6) is 0 Å². The number of aromatic nitrogens is 1. The molecule has 1 unspecified atom stereocenters. The Morgan fingerprint density at radius 3 is 2.56 bits per heavy atom. The first-order chi connectivity index (χ1) is 8.69. The van der Waals surface area contributed by atoms with Crippen LogP contribution in [0.4, 0.5) is 5.69 Å². The van der Waals surface area contributed by atoms with E-state index in [9.17, 15) is 5.11 Å². The summed E-state index contributed by atoms with van der Waals surface area (Å²) in [5.41, 5.74) is 6.68. The molecule has 1 atom stereocenters. The van der Waals surface area contributed by atoms with Crippen molar-refractivity contribution in [2.45, 2.75) is 50.2 Å². The number of methoxy groups -OCH3 is 1. The minimum atomic E-state index is -0.700. The van der Waals surface area contributed by atoms with Gasteiger partial charge in [-0.1, -0.05) is 25.7 Å². The SMILES string of the molecule is COC1(C(O)c2cnccc2N)CCCCCC1. The lowest BCUT2D eigenvalue weighted by molar-refractivity contribution is -0.114. The van der Waals surface area contributed by atoms with Crippen molar-refractivity contribution in [3.63, 3.8) is 0 Å². The van der Waals surface area contributed by atoms with Gasteiger partial charge in [-0.05, 0) is 18.9 Å². The molecule has 1 heterocycles. The zero-order chi connectivity index (χ0) is 13.0. The van der Waals surface area contributed by atoms with Gasteiger partial charge in [0.2, 0.25) is 0 Å². The number of nitrogen functional groups attached to an aromatic ring is 1. The van der Waals surface area contributed by atoms with Gasteiger partial charge >= 0.3 is 0 Å². The fourth-order valence-corrected chi connectivity index (χ4v) is 2.85. The van der Waals surface area contributed by atoms with E-state index in [0.717, 1.165) is 25.7 Å². The molecule has 1 aromatic heterocycles.